The number of sulfonamides is 1. The fourth-order valence-corrected chi connectivity index (χ4v) is 4.94. The molecular weight excluding hydrogens is 332 g/mol. The molecule has 2 aliphatic heterocycles. The van der Waals surface area contributed by atoms with Crippen molar-refractivity contribution < 1.29 is 22.7 Å². The van der Waals surface area contributed by atoms with E-state index < -0.39 is 27.8 Å². The number of benzene rings is 1. The van der Waals surface area contributed by atoms with Crippen LogP contribution in [0.25, 0.3) is 0 Å². The lowest BCUT2D eigenvalue weighted by Gasteiger charge is -2.37. The molecule has 1 aromatic carbocycles. The van der Waals surface area contributed by atoms with Gasteiger partial charge in [0, 0.05) is 25.2 Å². The van der Waals surface area contributed by atoms with Gasteiger partial charge in [0.15, 0.2) is 11.8 Å². The van der Waals surface area contributed by atoms with Crippen LogP contribution in [0, 0.1) is 0 Å². The van der Waals surface area contributed by atoms with Crippen molar-refractivity contribution in [2.24, 2.45) is 0 Å². The van der Waals surface area contributed by atoms with Gasteiger partial charge in [-0.15, -0.1) is 0 Å². The Morgan fingerprint density at radius 3 is 2.58 bits per heavy atom. The van der Waals surface area contributed by atoms with Gasteiger partial charge in [0.25, 0.3) is 0 Å². The molecule has 2 aliphatic rings. The molecule has 1 atom stereocenters. The topological polar surface area (TPSA) is 84.0 Å². The molecule has 1 fully saturated rings. The van der Waals surface area contributed by atoms with Crippen molar-refractivity contribution in [1.82, 2.24) is 9.21 Å². The van der Waals surface area contributed by atoms with Crippen LogP contribution in [0.2, 0.25) is 0 Å². The monoisotopic (exact) mass is 352 g/mol. The van der Waals surface area contributed by atoms with E-state index in [9.17, 15) is 18.0 Å². The van der Waals surface area contributed by atoms with Gasteiger partial charge in [-0.05, 0) is 18.6 Å². The molecule has 2 heterocycles. The second-order valence-electron chi connectivity index (χ2n) is 5.82. The molecule has 1 aromatic rings. The largest absolute Gasteiger partial charge is 0.378 e. The SMILES string of the molecule is CCCN1[C@H](C(=O)N2CCOCC2)C(=O)c2ccccc2S1(=O)=O. The Kier molecular flexibility index (Phi) is 4.71. The highest BCUT2D eigenvalue weighted by Crippen LogP contribution is 2.31. The maximum Gasteiger partial charge on any atom is 0.249 e. The third-order valence-corrected chi connectivity index (χ3v) is 6.20. The Labute approximate surface area is 141 Å². The minimum absolute atomic E-state index is 0.0190. The Balaban J connectivity index is 2.06. The first-order chi connectivity index (χ1) is 11.5. The van der Waals surface area contributed by atoms with Crippen molar-refractivity contribution in [3.63, 3.8) is 0 Å². The van der Waals surface area contributed by atoms with Gasteiger partial charge >= 0.3 is 0 Å². The Bertz CT molecular complexity index is 755. The molecule has 0 radical (unpaired) electrons. The van der Waals surface area contributed by atoms with E-state index >= 15 is 0 Å². The van der Waals surface area contributed by atoms with E-state index in [1.807, 2.05) is 6.92 Å². The van der Waals surface area contributed by atoms with E-state index in [4.69, 9.17) is 4.74 Å². The fraction of sp³-hybridized carbons (Fsp3) is 0.500. The quantitative estimate of drug-likeness (QED) is 0.740. The van der Waals surface area contributed by atoms with Gasteiger partial charge in [-0.25, -0.2) is 8.42 Å². The van der Waals surface area contributed by atoms with Crippen LogP contribution in [0.15, 0.2) is 29.2 Å². The number of carbonyl (C=O) groups is 2. The van der Waals surface area contributed by atoms with Crippen LogP contribution < -0.4 is 0 Å². The smallest absolute Gasteiger partial charge is 0.249 e. The summed E-state index contributed by atoms with van der Waals surface area (Å²) >= 11 is 0. The van der Waals surface area contributed by atoms with Crippen molar-refractivity contribution in [3.05, 3.63) is 29.8 Å². The molecule has 1 saturated heterocycles. The van der Waals surface area contributed by atoms with Crippen molar-refractivity contribution >= 4 is 21.7 Å². The number of ether oxygens (including phenoxy) is 1. The lowest BCUT2D eigenvalue weighted by molar-refractivity contribution is -0.138. The Morgan fingerprint density at radius 2 is 1.92 bits per heavy atom. The number of rotatable bonds is 3. The first-order valence-corrected chi connectivity index (χ1v) is 9.44. The molecule has 0 saturated carbocycles. The highest BCUT2D eigenvalue weighted by Gasteiger charge is 2.48. The Hall–Kier alpha value is -1.77. The van der Waals surface area contributed by atoms with E-state index in [-0.39, 0.29) is 17.0 Å². The number of hydrogen-bond acceptors (Lipinski definition) is 5. The summed E-state index contributed by atoms with van der Waals surface area (Å²) in [5.41, 5.74) is 0.0939. The second-order valence-corrected chi connectivity index (χ2v) is 7.68. The van der Waals surface area contributed by atoms with Crippen LogP contribution in [0.5, 0.6) is 0 Å². The number of morpholine rings is 1. The molecule has 130 valence electrons. The second kappa shape index (κ2) is 6.62. The van der Waals surface area contributed by atoms with Crippen LogP contribution in [-0.4, -0.2) is 68.2 Å². The molecule has 0 bridgehead atoms. The summed E-state index contributed by atoms with van der Waals surface area (Å²) in [5.74, 6) is -0.916. The predicted molar refractivity (Wildman–Crippen MR) is 86.1 cm³/mol. The molecule has 0 N–H and O–H groups in total. The first kappa shape index (κ1) is 17.1. The number of fused-ring (bicyclic) bond motifs is 1. The average molecular weight is 352 g/mol. The molecule has 8 heteroatoms. The van der Waals surface area contributed by atoms with Crippen molar-refractivity contribution in [3.8, 4) is 0 Å². The summed E-state index contributed by atoms with van der Waals surface area (Å²) in [6.07, 6.45) is 0.515. The zero-order chi connectivity index (χ0) is 17.3. The lowest BCUT2D eigenvalue weighted by Crippen LogP contribution is -2.59. The average Bonchev–Trinajstić information content (AvgIpc) is 2.60. The standard InChI is InChI=1S/C16H20N2O5S/c1-2-7-18-14(16(20)17-8-10-23-11-9-17)15(19)12-5-3-4-6-13(12)24(18,21)22/h3-6,14H,2,7-11H2,1H3/t14-/m0/s1. The van der Waals surface area contributed by atoms with Crippen LogP contribution in [0.3, 0.4) is 0 Å². The molecule has 0 unspecified atom stereocenters. The molecule has 0 aromatic heterocycles. The van der Waals surface area contributed by atoms with Gasteiger partial charge in [-0.1, -0.05) is 19.1 Å². The highest BCUT2D eigenvalue weighted by atomic mass is 32.2. The van der Waals surface area contributed by atoms with Crippen LogP contribution in [0.4, 0.5) is 0 Å². The van der Waals surface area contributed by atoms with Gasteiger partial charge in [0.2, 0.25) is 15.9 Å². The van der Waals surface area contributed by atoms with Crippen LogP contribution in [0.1, 0.15) is 23.7 Å². The van der Waals surface area contributed by atoms with Crippen LogP contribution >= 0.6 is 0 Å². The minimum Gasteiger partial charge on any atom is -0.378 e. The third kappa shape index (κ3) is 2.74. The molecule has 7 nitrogen and oxygen atoms in total. The summed E-state index contributed by atoms with van der Waals surface area (Å²) < 4.78 is 32.1. The number of hydrogen-bond donors (Lipinski definition) is 0. The van der Waals surface area contributed by atoms with E-state index in [0.29, 0.717) is 32.7 Å². The molecule has 0 aliphatic carbocycles. The van der Waals surface area contributed by atoms with Crippen molar-refractivity contribution in [2.75, 3.05) is 32.8 Å². The number of Topliss-reactive ketones (excluding diaryl/α,β-unsaturated/α-hetero) is 1. The maximum atomic E-state index is 12.9. The summed E-state index contributed by atoms with van der Waals surface area (Å²) in [5, 5.41) is 0. The van der Waals surface area contributed by atoms with Gasteiger partial charge in [-0.3, -0.25) is 9.59 Å². The van der Waals surface area contributed by atoms with E-state index in [1.165, 1.54) is 17.0 Å². The summed E-state index contributed by atoms with van der Waals surface area (Å²) in [6, 6.07) is 4.76. The molecular formula is C16H20N2O5S. The summed E-state index contributed by atoms with van der Waals surface area (Å²) in [4.78, 5) is 27.3. The number of nitrogens with zero attached hydrogens (tertiary/aromatic N) is 2. The number of amides is 1. The summed E-state index contributed by atoms with van der Waals surface area (Å²) in [6.45, 7) is 3.46. The van der Waals surface area contributed by atoms with E-state index in [2.05, 4.69) is 0 Å². The van der Waals surface area contributed by atoms with Crippen LogP contribution in [-0.2, 0) is 19.6 Å². The zero-order valence-electron chi connectivity index (χ0n) is 13.5. The highest BCUT2D eigenvalue weighted by molar-refractivity contribution is 7.89. The van der Waals surface area contributed by atoms with Gasteiger partial charge < -0.3 is 9.64 Å². The Morgan fingerprint density at radius 1 is 1.25 bits per heavy atom. The van der Waals surface area contributed by atoms with Crippen molar-refractivity contribution in [2.45, 2.75) is 24.3 Å². The predicted octanol–water partition coefficient (Wildman–Crippen LogP) is 0.511. The normalized spacial score (nSPS) is 23.8. The molecule has 0 spiro atoms. The van der Waals surface area contributed by atoms with Gasteiger partial charge in [-0.2, -0.15) is 4.31 Å². The summed E-state index contributed by atoms with van der Waals surface area (Å²) in [7, 11) is -3.88. The number of ketones is 1. The van der Waals surface area contributed by atoms with Gasteiger partial charge in [0.05, 0.1) is 18.1 Å². The molecule has 1 amide bonds. The van der Waals surface area contributed by atoms with Crippen molar-refractivity contribution in [1.29, 1.82) is 0 Å². The maximum absolute atomic E-state index is 12.9. The zero-order valence-corrected chi connectivity index (χ0v) is 14.3. The van der Waals surface area contributed by atoms with E-state index in [0.717, 1.165) is 4.31 Å². The minimum atomic E-state index is -3.88. The van der Waals surface area contributed by atoms with E-state index in [1.54, 1.807) is 12.1 Å². The van der Waals surface area contributed by atoms with Gasteiger partial charge in [0.1, 0.15) is 0 Å². The first-order valence-electron chi connectivity index (χ1n) is 8.00. The third-order valence-electron chi connectivity index (χ3n) is 4.28. The molecule has 24 heavy (non-hydrogen) atoms. The lowest BCUT2D eigenvalue weighted by atomic mass is 10.0. The fourth-order valence-electron chi connectivity index (χ4n) is 3.10. The number of carbonyl (C=O) groups excluding carboxylic acids is 2. The molecule has 3 rings (SSSR count).